The van der Waals surface area contributed by atoms with E-state index in [4.69, 9.17) is 0 Å². The fourth-order valence-electron chi connectivity index (χ4n) is 1.59. The van der Waals surface area contributed by atoms with Gasteiger partial charge in [0.2, 0.25) is 0 Å². The maximum atomic E-state index is 2.37. The van der Waals surface area contributed by atoms with Gasteiger partial charge >= 0.3 is 0 Å². The number of hydrogen-bond donors (Lipinski definition) is 0. The third kappa shape index (κ3) is 1.50. The first-order valence-electron chi connectivity index (χ1n) is 4.10. The Bertz CT molecular complexity index is 172. The lowest BCUT2D eigenvalue weighted by Gasteiger charge is -2.06. The molecule has 0 heterocycles. The Morgan fingerprint density at radius 1 is 1.40 bits per heavy atom. The van der Waals surface area contributed by atoms with Gasteiger partial charge in [0.15, 0.2) is 0 Å². The lowest BCUT2D eigenvalue weighted by Crippen LogP contribution is -1.92. The second-order valence-corrected chi connectivity index (χ2v) is 3.19. The molecule has 0 nitrogen and oxygen atoms in total. The van der Waals surface area contributed by atoms with Gasteiger partial charge in [-0.05, 0) is 26.2 Å². The topological polar surface area (TPSA) is 0 Å². The van der Waals surface area contributed by atoms with Gasteiger partial charge in [0.25, 0.3) is 0 Å². The van der Waals surface area contributed by atoms with Crippen molar-refractivity contribution in [3.63, 3.8) is 0 Å². The van der Waals surface area contributed by atoms with Crippen LogP contribution in [0.5, 0.6) is 0 Å². The van der Waals surface area contributed by atoms with Crippen LogP contribution < -0.4 is 0 Å². The minimum absolute atomic E-state index is 0.755. The van der Waals surface area contributed by atoms with Gasteiger partial charge in [0.05, 0.1) is 0 Å². The summed E-state index contributed by atoms with van der Waals surface area (Å²) in [5.41, 5.74) is 2.98. The average Bonchev–Trinajstić information content (AvgIpc) is 2.13. The van der Waals surface area contributed by atoms with Crippen LogP contribution in [0.25, 0.3) is 0 Å². The fraction of sp³-hybridized carbons (Fsp3) is 0.600. The molecule has 0 aliphatic heterocycles. The molecule has 0 bridgehead atoms. The van der Waals surface area contributed by atoms with E-state index in [1.54, 1.807) is 5.57 Å². The summed E-state index contributed by atoms with van der Waals surface area (Å²) >= 11 is 0. The normalized spacial score (nSPS) is 24.5. The van der Waals surface area contributed by atoms with Crippen LogP contribution in [0.15, 0.2) is 23.3 Å². The molecule has 1 rings (SSSR count). The van der Waals surface area contributed by atoms with E-state index in [1.165, 1.54) is 18.4 Å². The van der Waals surface area contributed by atoms with E-state index in [0.29, 0.717) is 0 Å². The highest BCUT2D eigenvalue weighted by atomic mass is 14.2. The molecule has 1 atom stereocenters. The van der Waals surface area contributed by atoms with Gasteiger partial charge in [-0.25, -0.2) is 0 Å². The van der Waals surface area contributed by atoms with Crippen LogP contribution >= 0.6 is 0 Å². The summed E-state index contributed by atoms with van der Waals surface area (Å²) in [4.78, 5) is 0. The van der Waals surface area contributed by atoms with Gasteiger partial charge in [-0.2, -0.15) is 0 Å². The van der Waals surface area contributed by atoms with Gasteiger partial charge < -0.3 is 0 Å². The van der Waals surface area contributed by atoms with Crippen molar-refractivity contribution in [2.45, 2.75) is 33.6 Å². The first-order valence-corrected chi connectivity index (χ1v) is 4.10. The molecule has 0 aromatic rings. The van der Waals surface area contributed by atoms with Crippen LogP contribution in [0.2, 0.25) is 0 Å². The summed E-state index contributed by atoms with van der Waals surface area (Å²) in [5.74, 6) is 0.755. The molecule has 0 heteroatoms. The zero-order valence-corrected chi connectivity index (χ0v) is 7.15. The van der Waals surface area contributed by atoms with E-state index in [-0.39, 0.29) is 0 Å². The van der Waals surface area contributed by atoms with E-state index in [0.717, 1.165) is 5.92 Å². The molecular weight excluding hydrogens is 120 g/mol. The van der Waals surface area contributed by atoms with Crippen LogP contribution in [-0.2, 0) is 0 Å². The standard InChI is InChI=1S/C10H16/c1-4-5-10-7-8(2)6-9(10)3/h6-7,10H,4-5H2,1-3H3. The third-order valence-electron chi connectivity index (χ3n) is 2.10. The summed E-state index contributed by atoms with van der Waals surface area (Å²) < 4.78 is 0. The zero-order chi connectivity index (χ0) is 7.56. The van der Waals surface area contributed by atoms with Crippen molar-refractivity contribution in [2.24, 2.45) is 5.92 Å². The third-order valence-corrected chi connectivity index (χ3v) is 2.10. The molecule has 0 amide bonds. The second-order valence-electron chi connectivity index (χ2n) is 3.19. The molecule has 0 saturated heterocycles. The average molecular weight is 136 g/mol. The lowest BCUT2D eigenvalue weighted by molar-refractivity contribution is 0.665. The van der Waals surface area contributed by atoms with Gasteiger partial charge in [0.1, 0.15) is 0 Å². The van der Waals surface area contributed by atoms with E-state index in [1.807, 2.05) is 0 Å². The zero-order valence-electron chi connectivity index (χ0n) is 7.15. The Morgan fingerprint density at radius 2 is 2.10 bits per heavy atom. The smallest absolute Gasteiger partial charge is 0.00172 e. The molecular formula is C10H16. The van der Waals surface area contributed by atoms with E-state index in [2.05, 4.69) is 32.9 Å². The van der Waals surface area contributed by atoms with E-state index >= 15 is 0 Å². The van der Waals surface area contributed by atoms with Gasteiger partial charge in [-0.15, -0.1) is 0 Å². The predicted octanol–water partition coefficient (Wildman–Crippen LogP) is 3.31. The van der Waals surface area contributed by atoms with Gasteiger partial charge in [-0.1, -0.05) is 36.6 Å². The Hall–Kier alpha value is -0.520. The van der Waals surface area contributed by atoms with Crippen molar-refractivity contribution >= 4 is 0 Å². The van der Waals surface area contributed by atoms with E-state index < -0.39 is 0 Å². The van der Waals surface area contributed by atoms with Crippen LogP contribution in [0.1, 0.15) is 33.6 Å². The summed E-state index contributed by atoms with van der Waals surface area (Å²) in [6.45, 7) is 6.65. The molecule has 10 heavy (non-hydrogen) atoms. The maximum absolute atomic E-state index is 2.37. The van der Waals surface area contributed by atoms with Crippen molar-refractivity contribution in [2.75, 3.05) is 0 Å². The number of rotatable bonds is 2. The van der Waals surface area contributed by atoms with Gasteiger partial charge in [-0.3, -0.25) is 0 Å². The molecule has 0 aromatic carbocycles. The quantitative estimate of drug-likeness (QED) is 0.546. The molecule has 0 fully saturated rings. The monoisotopic (exact) mass is 136 g/mol. The van der Waals surface area contributed by atoms with Crippen molar-refractivity contribution in [1.29, 1.82) is 0 Å². The van der Waals surface area contributed by atoms with Crippen LogP contribution in [0.3, 0.4) is 0 Å². The second kappa shape index (κ2) is 3.05. The predicted molar refractivity (Wildman–Crippen MR) is 45.9 cm³/mol. The Labute approximate surface area is 63.6 Å². The molecule has 56 valence electrons. The summed E-state index contributed by atoms with van der Waals surface area (Å²) in [6.07, 6.45) is 7.28. The lowest BCUT2D eigenvalue weighted by atomic mass is 9.99. The minimum Gasteiger partial charge on any atom is -0.0744 e. The number of hydrogen-bond acceptors (Lipinski definition) is 0. The fourth-order valence-corrected chi connectivity index (χ4v) is 1.59. The Kier molecular flexibility index (Phi) is 2.31. The van der Waals surface area contributed by atoms with Gasteiger partial charge in [0, 0.05) is 0 Å². The minimum atomic E-state index is 0.755. The Balaban J connectivity index is 2.56. The molecule has 0 aromatic heterocycles. The van der Waals surface area contributed by atoms with Crippen molar-refractivity contribution < 1.29 is 0 Å². The molecule has 0 saturated carbocycles. The van der Waals surface area contributed by atoms with Crippen LogP contribution in [0.4, 0.5) is 0 Å². The van der Waals surface area contributed by atoms with Crippen molar-refractivity contribution in [3.05, 3.63) is 23.3 Å². The van der Waals surface area contributed by atoms with Crippen molar-refractivity contribution in [3.8, 4) is 0 Å². The highest BCUT2D eigenvalue weighted by Gasteiger charge is 2.11. The number of allylic oxidation sites excluding steroid dienone is 4. The first kappa shape index (κ1) is 7.59. The molecule has 0 N–H and O–H groups in total. The van der Waals surface area contributed by atoms with Crippen LogP contribution in [-0.4, -0.2) is 0 Å². The van der Waals surface area contributed by atoms with Crippen LogP contribution in [0, 0.1) is 5.92 Å². The maximum Gasteiger partial charge on any atom is -0.00172 e. The molecule has 0 radical (unpaired) electrons. The van der Waals surface area contributed by atoms with E-state index in [9.17, 15) is 0 Å². The molecule has 1 aliphatic rings. The highest BCUT2D eigenvalue weighted by molar-refractivity contribution is 5.32. The first-order chi connectivity index (χ1) is 4.74. The molecule has 1 aliphatic carbocycles. The highest BCUT2D eigenvalue weighted by Crippen LogP contribution is 2.26. The SMILES string of the molecule is CCCC1C=C(C)C=C1C. The van der Waals surface area contributed by atoms with Crippen molar-refractivity contribution in [1.82, 2.24) is 0 Å². The summed E-state index contributed by atoms with van der Waals surface area (Å²) in [6, 6.07) is 0. The molecule has 0 spiro atoms. The Morgan fingerprint density at radius 3 is 2.50 bits per heavy atom. The summed E-state index contributed by atoms with van der Waals surface area (Å²) in [5, 5.41) is 0. The largest absolute Gasteiger partial charge is 0.0744 e. The summed E-state index contributed by atoms with van der Waals surface area (Å²) in [7, 11) is 0. The molecule has 1 unspecified atom stereocenters.